The van der Waals surface area contributed by atoms with E-state index in [4.69, 9.17) is 0 Å². The molecule has 4 rings (SSSR count). The van der Waals surface area contributed by atoms with Crippen LogP contribution in [0, 0.1) is 29.1 Å². The molecule has 0 aliphatic heterocycles. The summed E-state index contributed by atoms with van der Waals surface area (Å²) in [6, 6.07) is 0. The molecule has 3 fully saturated rings. The lowest BCUT2D eigenvalue weighted by Crippen LogP contribution is -2.40. The summed E-state index contributed by atoms with van der Waals surface area (Å²) < 4.78 is 0. The fourth-order valence-corrected chi connectivity index (χ4v) is 4.91. The number of allylic oxidation sites excluding steroid dienone is 2. The summed E-state index contributed by atoms with van der Waals surface area (Å²) in [5, 5.41) is 0. The van der Waals surface area contributed by atoms with E-state index < -0.39 is 0 Å². The van der Waals surface area contributed by atoms with Gasteiger partial charge in [-0.2, -0.15) is 0 Å². The first-order chi connectivity index (χ1) is 6.80. The van der Waals surface area contributed by atoms with Crippen molar-refractivity contribution in [2.75, 3.05) is 0 Å². The Morgan fingerprint density at radius 3 is 2.71 bits per heavy atom. The number of hydrogen-bond donors (Lipinski definition) is 0. The number of fused-ring (bicyclic) bond motifs is 6. The zero-order valence-corrected chi connectivity index (χ0v) is 8.41. The molecule has 0 amide bonds. The third-order valence-corrected chi connectivity index (χ3v) is 5.42. The topological polar surface area (TPSA) is 17.1 Å². The lowest BCUT2D eigenvalue weighted by molar-refractivity contribution is -0.134. The Morgan fingerprint density at radius 2 is 2.14 bits per heavy atom. The number of ketones is 1. The molecular formula is C13H16O. The highest BCUT2D eigenvalue weighted by Crippen LogP contribution is 2.66. The summed E-state index contributed by atoms with van der Waals surface area (Å²) in [7, 11) is 0. The van der Waals surface area contributed by atoms with E-state index in [1.807, 2.05) is 0 Å². The molecule has 5 atom stereocenters. The predicted octanol–water partition coefficient (Wildman–Crippen LogP) is 2.57. The second-order valence-electron chi connectivity index (χ2n) is 5.80. The van der Waals surface area contributed by atoms with Crippen molar-refractivity contribution in [1.82, 2.24) is 0 Å². The molecule has 1 nitrogen and oxygen atoms in total. The SMILES string of the molecule is O=C1C2CCC(C2)C12CC1C=CC2C1. The minimum atomic E-state index is 0.155. The Labute approximate surface area is 84.6 Å². The minimum absolute atomic E-state index is 0.155. The van der Waals surface area contributed by atoms with Crippen LogP contribution < -0.4 is 0 Å². The van der Waals surface area contributed by atoms with Crippen LogP contribution in [0.5, 0.6) is 0 Å². The molecule has 0 saturated heterocycles. The van der Waals surface area contributed by atoms with Crippen molar-refractivity contribution in [1.29, 1.82) is 0 Å². The van der Waals surface area contributed by atoms with Gasteiger partial charge in [-0.05, 0) is 49.9 Å². The van der Waals surface area contributed by atoms with Crippen molar-refractivity contribution < 1.29 is 4.79 Å². The Kier molecular flexibility index (Phi) is 1.18. The quantitative estimate of drug-likeness (QED) is 0.534. The average molecular weight is 188 g/mol. The lowest BCUT2D eigenvalue weighted by atomic mass is 9.64. The third-order valence-electron chi connectivity index (χ3n) is 5.42. The number of carbonyl (C=O) groups excluding carboxylic acids is 1. The van der Waals surface area contributed by atoms with Crippen LogP contribution in [-0.2, 0) is 4.79 Å². The maximum absolute atomic E-state index is 12.3. The monoisotopic (exact) mass is 188 g/mol. The van der Waals surface area contributed by atoms with Gasteiger partial charge in [0.05, 0.1) is 0 Å². The van der Waals surface area contributed by atoms with Crippen LogP contribution in [-0.4, -0.2) is 5.78 Å². The van der Waals surface area contributed by atoms with Gasteiger partial charge >= 0.3 is 0 Å². The molecule has 14 heavy (non-hydrogen) atoms. The zero-order valence-electron chi connectivity index (χ0n) is 8.41. The standard InChI is InChI=1S/C13H16O/c14-12-9-2-4-11(6-9)13(12)7-8-1-3-10(13)5-8/h1,3,8-11H,2,4-7H2. The van der Waals surface area contributed by atoms with Gasteiger partial charge in [0, 0.05) is 11.3 Å². The molecule has 4 aliphatic rings. The van der Waals surface area contributed by atoms with Gasteiger partial charge in [-0.25, -0.2) is 0 Å². The van der Waals surface area contributed by atoms with Crippen LogP contribution in [0.1, 0.15) is 32.1 Å². The fourth-order valence-electron chi connectivity index (χ4n) is 4.91. The van der Waals surface area contributed by atoms with E-state index in [1.165, 1.54) is 32.1 Å². The molecule has 1 spiro atoms. The van der Waals surface area contributed by atoms with Crippen molar-refractivity contribution in [3.05, 3.63) is 12.2 Å². The fraction of sp³-hybridized carbons (Fsp3) is 0.769. The number of hydrogen-bond acceptors (Lipinski definition) is 1. The molecule has 0 heterocycles. The van der Waals surface area contributed by atoms with Crippen LogP contribution >= 0.6 is 0 Å². The molecule has 4 aliphatic carbocycles. The number of rotatable bonds is 0. The largest absolute Gasteiger partial charge is 0.299 e. The Morgan fingerprint density at radius 1 is 1.21 bits per heavy atom. The summed E-state index contributed by atoms with van der Waals surface area (Å²) in [4.78, 5) is 12.3. The molecule has 0 aromatic heterocycles. The van der Waals surface area contributed by atoms with Gasteiger partial charge in [0.2, 0.25) is 0 Å². The highest BCUT2D eigenvalue weighted by atomic mass is 16.1. The molecule has 0 radical (unpaired) electrons. The predicted molar refractivity (Wildman–Crippen MR) is 53.6 cm³/mol. The van der Waals surface area contributed by atoms with Crippen LogP contribution in [0.2, 0.25) is 0 Å². The lowest BCUT2D eigenvalue weighted by Gasteiger charge is -2.38. The summed E-state index contributed by atoms with van der Waals surface area (Å²) in [5.41, 5.74) is 0.155. The first-order valence-electron chi connectivity index (χ1n) is 6.03. The first kappa shape index (κ1) is 7.67. The van der Waals surface area contributed by atoms with E-state index in [-0.39, 0.29) is 5.41 Å². The van der Waals surface area contributed by atoms with E-state index in [0.29, 0.717) is 17.6 Å². The second kappa shape index (κ2) is 2.15. The van der Waals surface area contributed by atoms with Crippen molar-refractivity contribution >= 4 is 5.78 Å². The Balaban J connectivity index is 1.84. The first-order valence-corrected chi connectivity index (χ1v) is 6.03. The van der Waals surface area contributed by atoms with Gasteiger partial charge in [0.15, 0.2) is 0 Å². The maximum Gasteiger partial charge on any atom is 0.142 e. The molecule has 1 heteroatoms. The molecule has 5 unspecified atom stereocenters. The smallest absolute Gasteiger partial charge is 0.142 e. The highest BCUT2D eigenvalue weighted by molar-refractivity contribution is 5.91. The van der Waals surface area contributed by atoms with Crippen molar-refractivity contribution in [3.63, 3.8) is 0 Å². The van der Waals surface area contributed by atoms with Crippen LogP contribution in [0.4, 0.5) is 0 Å². The zero-order chi connectivity index (χ0) is 9.34. The summed E-state index contributed by atoms with van der Waals surface area (Å²) >= 11 is 0. The van der Waals surface area contributed by atoms with Crippen LogP contribution in [0.15, 0.2) is 12.2 Å². The van der Waals surface area contributed by atoms with Crippen molar-refractivity contribution in [2.45, 2.75) is 32.1 Å². The van der Waals surface area contributed by atoms with E-state index in [2.05, 4.69) is 12.2 Å². The van der Waals surface area contributed by atoms with Gasteiger partial charge < -0.3 is 0 Å². The van der Waals surface area contributed by atoms with Gasteiger partial charge in [-0.15, -0.1) is 0 Å². The summed E-state index contributed by atoms with van der Waals surface area (Å²) in [6.45, 7) is 0. The summed E-state index contributed by atoms with van der Waals surface area (Å²) in [6.07, 6.45) is 11.0. The van der Waals surface area contributed by atoms with Crippen LogP contribution in [0.25, 0.3) is 0 Å². The molecule has 0 aromatic carbocycles. The van der Waals surface area contributed by atoms with E-state index in [9.17, 15) is 4.79 Å². The highest BCUT2D eigenvalue weighted by Gasteiger charge is 2.64. The third kappa shape index (κ3) is 0.627. The molecular weight excluding hydrogens is 172 g/mol. The van der Waals surface area contributed by atoms with Crippen molar-refractivity contribution in [2.24, 2.45) is 29.1 Å². The van der Waals surface area contributed by atoms with E-state index in [1.54, 1.807) is 0 Å². The minimum Gasteiger partial charge on any atom is -0.299 e. The molecule has 0 N–H and O–H groups in total. The van der Waals surface area contributed by atoms with Gasteiger partial charge in [0.1, 0.15) is 5.78 Å². The van der Waals surface area contributed by atoms with Gasteiger partial charge in [-0.1, -0.05) is 12.2 Å². The van der Waals surface area contributed by atoms with E-state index >= 15 is 0 Å². The normalized spacial score (nSPS) is 58.1. The van der Waals surface area contributed by atoms with Crippen LogP contribution in [0.3, 0.4) is 0 Å². The summed E-state index contributed by atoms with van der Waals surface area (Å²) in [5.74, 6) is 3.27. The van der Waals surface area contributed by atoms with Gasteiger partial charge in [-0.3, -0.25) is 4.79 Å². The Bertz CT molecular complexity index is 343. The number of carbonyl (C=O) groups is 1. The number of Topliss-reactive ketones (excluding diaryl/α,β-unsaturated/α-hetero) is 1. The Hall–Kier alpha value is -0.590. The molecule has 4 bridgehead atoms. The molecule has 0 aromatic rings. The second-order valence-corrected chi connectivity index (χ2v) is 5.80. The van der Waals surface area contributed by atoms with Gasteiger partial charge in [0.25, 0.3) is 0 Å². The average Bonchev–Trinajstić information content (AvgIpc) is 2.91. The van der Waals surface area contributed by atoms with E-state index in [0.717, 1.165) is 11.8 Å². The molecule has 74 valence electrons. The molecule has 3 saturated carbocycles. The van der Waals surface area contributed by atoms with Crippen molar-refractivity contribution in [3.8, 4) is 0 Å². The maximum atomic E-state index is 12.3.